The summed E-state index contributed by atoms with van der Waals surface area (Å²) in [5, 5.41) is 14.7. The maximum atomic E-state index is 11.7. The van der Waals surface area contributed by atoms with Crippen LogP contribution in [0, 0.1) is 0 Å². The number of hydrogen-bond acceptors (Lipinski definition) is 2. The standard InChI is InChI=1S/C14H19ClN2O3/c1-2-5-11(8-13(18)19)17-14(20)16-9-10-6-3-4-7-12(10)15/h3-4,6-7,11H,2,5,8-9H2,1H3,(H,18,19)(H2,16,17,20). The lowest BCUT2D eigenvalue weighted by atomic mass is 10.1. The summed E-state index contributed by atoms with van der Waals surface area (Å²) in [6.07, 6.45) is 1.36. The molecule has 0 aliphatic rings. The first-order valence-electron chi connectivity index (χ1n) is 6.52. The lowest BCUT2D eigenvalue weighted by molar-refractivity contribution is -0.137. The average molecular weight is 299 g/mol. The van der Waals surface area contributed by atoms with Crippen molar-refractivity contribution in [3.05, 3.63) is 34.9 Å². The van der Waals surface area contributed by atoms with Crippen LogP contribution in [0.2, 0.25) is 5.02 Å². The van der Waals surface area contributed by atoms with Crippen LogP contribution in [-0.2, 0) is 11.3 Å². The third-order valence-electron chi connectivity index (χ3n) is 2.79. The fourth-order valence-corrected chi connectivity index (χ4v) is 2.04. The van der Waals surface area contributed by atoms with Gasteiger partial charge in [-0.2, -0.15) is 0 Å². The molecule has 110 valence electrons. The second kappa shape index (κ2) is 8.43. The van der Waals surface area contributed by atoms with Crippen molar-refractivity contribution in [2.45, 2.75) is 38.8 Å². The summed E-state index contributed by atoms with van der Waals surface area (Å²) >= 11 is 5.98. The highest BCUT2D eigenvalue weighted by molar-refractivity contribution is 6.31. The Balaban J connectivity index is 2.45. The number of carboxylic acids is 1. The van der Waals surface area contributed by atoms with E-state index in [4.69, 9.17) is 16.7 Å². The topological polar surface area (TPSA) is 78.4 Å². The van der Waals surface area contributed by atoms with E-state index < -0.39 is 5.97 Å². The van der Waals surface area contributed by atoms with Gasteiger partial charge in [-0.25, -0.2) is 4.79 Å². The summed E-state index contributed by atoms with van der Waals surface area (Å²) in [6, 6.07) is 6.49. The van der Waals surface area contributed by atoms with E-state index >= 15 is 0 Å². The molecular formula is C14H19ClN2O3. The largest absolute Gasteiger partial charge is 0.481 e. The first-order chi connectivity index (χ1) is 9.52. The van der Waals surface area contributed by atoms with Gasteiger partial charge in [-0.1, -0.05) is 43.1 Å². The van der Waals surface area contributed by atoms with Crippen molar-refractivity contribution < 1.29 is 14.7 Å². The molecule has 0 aliphatic heterocycles. The molecule has 0 bridgehead atoms. The normalized spacial score (nSPS) is 11.7. The summed E-state index contributed by atoms with van der Waals surface area (Å²) < 4.78 is 0. The van der Waals surface area contributed by atoms with E-state index in [0.29, 0.717) is 18.0 Å². The van der Waals surface area contributed by atoms with Gasteiger partial charge < -0.3 is 15.7 Å². The predicted molar refractivity (Wildman–Crippen MR) is 77.8 cm³/mol. The van der Waals surface area contributed by atoms with Gasteiger partial charge in [0.25, 0.3) is 0 Å². The molecule has 0 fully saturated rings. The van der Waals surface area contributed by atoms with E-state index in [9.17, 15) is 9.59 Å². The van der Waals surface area contributed by atoms with Crippen LogP contribution < -0.4 is 10.6 Å². The van der Waals surface area contributed by atoms with Gasteiger partial charge in [-0.15, -0.1) is 0 Å². The average Bonchev–Trinajstić information content (AvgIpc) is 2.37. The van der Waals surface area contributed by atoms with Gasteiger partial charge in [-0.05, 0) is 18.1 Å². The molecule has 0 saturated carbocycles. The van der Waals surface area contributed by atoms with Crippen LogP contribution in [-0.4, -0.2) is 23.1 Å². The van der Waals surface area contributed by atoms with E-state index in [1.165, 1.54) is 0 Å². The molecule has 0 aliphatic carbocycles. The van der Waals surface area contributed by atoms with Crippen molar-refractivity contribution in [3.8, 4) is 0 Å². The van der Waals surface area contributed by atoms with Gasteiger partial charge >= 0.3 is 12.0 Å². The minimum absolute atomic E-state index is 0.0760. The van der Waals surface area contributed by atoms with Crippen molar-refractivity contribution in [2.75, 3.05) is 0 Å². The smallest absolute Gasteiger partial charge is 0.315 e. The van der Waals surface area contributed by atoms with Crippen LogP contribution in [0.25, 0.3) is 0 Å². The van der Waals surface area contributed by atoms with E-state index in [1.54, 1.807) is 6.07 Å². The Morgan fingerprint density at radius 2 is 2.05 bits per heavy atom. The molecular weight excluding hydrogens is 280 g/mol. The van der Waals surface area contributed by atoms with Crippen LogP contribution >= 0.6 is 11.6 Å². The summed E-state index contributed by atoms with van der Waals surface area (Å²) in [5.41, 5.74) is 0.814. The summed E-state index contributed by atoms with van der Waals surface area (Å²) in [7, 11) is 0. The Labute approximate surface area is 123 Å². The zero-order chi connectivity index (χ0) is 15.0. The molecule has 0 aromatic heterocycles. The summed E-state index contributed by atoms with van der Waals surface area (Å²) in [5.74, 6) is -0.921. The Bertz CT molecular complexity index is 465. The molecule has 0 spiro atoms. The molecule has 6 heteroatoms. The Kier molecular flexibility index (Phi) is 6.87. The molecule has 0 radical (unpaired) electrons. The SMILES string of the molecule is CCCC(CC(=O)O)NC(=O)NCc1ccccc1Cl. The zero-order valence-corrected chi connectivity index (χ0v) is 12.1. The highest BCUT2D eigenvalue weighted by atomic mass is 35.5. The Morgan fingerprint density at radius 3 is 2.65 bits per heavy atom. The van der Waals surface area contributed by atoms with Crippen LogP contribution in [0.1, 0.15) is 31.7 Å². The van der Waals surface area contributed by atoms with E-state index in [-0.39, 0.29) is 18.5 Å². The number of carbonyl (C=O) groups is 2. The molecule has 3 N–H and O–H groups in total. The van der Waals surface area contributed by atoms with Crippen molar-refractivity contribution in [2.24, 2.45) is 0 Å². The lowest BCUT2D eigenvalue weighted by Crippen LogP contribution is -2.42. The van der Waals surface area contributed by atoms with Crippen LogP contribution in [0.4, 0.5) is 4.79 Å². The number of carbonyl (C=O) groups excluding carboxylic acids is 1. The number of aliphatic carboxylic acids is 1. The number of benzene rings is 1. The third kappa shape index (κ3) is 5.93. The van der Waals surface area contributed by atoms with Crippen molar-refractivity contribution >= 4 is 23.6 Å². The predicted octanol–water partition coefficient (Wildman–Crippen LogP) is 2.78. The first kappa shape index (κ1) is 16.3. The van der Waals surface area contributed by atoms with Crippen LogP contribution in [0.3, 0.4) is 0 Å². The van der Waals surface area contributed by atoms with E-state index in [2.05, 4.69) is 10.6 Å². The molecule has 1 aromatic rings. The molecule has 0 saturated heterocycles. The number of urea groups is 1. The summed E-state index contributed by atoms with van der Waals surface area (Å²) in [4.78, 5) is 22.4. The second-order valence-corrected chi connectivity index (χ2v) is 4.91. The fraction of sp³-hybridized carbons (Fsp3) is 0.429. The van der Waals surface area contributed by atoms with Crippen LogP contribution in [0.5, 0.6) is 0 Å². The van der Waals surface area contributed by atoms with Crippen molar-refractivity contribution in [1.82, 2.24) is 10.6 Å². The minimum Gasteiger partial charge on any atom is -0.481 e. The van der Waals surface area contributed by atoms with E-state index in [1.807, 2.05) is 25.1 Å². The molecule has 1 rings (SSSR count). The Morgan fingerprint density at radius 1 is 1.35 bits per heavy atom. The van der Waals surface area contributed by atoms with Crippen molar-refractivity contribution in [1.29, 1.82) is 0 Å². The number of nitrogens with one attached hydrogen (secondary N) is 2. The Hall–Kier alpha value is -1.75. The minimum atomic E-state index is -0.921. The molecule has 20 heavy (non-hydrogen) atoms. The van der Waals surface area contributed by atoms with Gasteiger partial charge in [0.05, 0.1) is 6.42 Å². The number of amides is 2. The molecule has 5 nitrogen and oxygen atoms in total. The molecule has 2 amide bonds. The molecule has 1 unspecified atom stereocenters. The molecule has 0 heterocycles. The molecule has 1 aromatic carbocycles. The zero-order valence-electron chi connectivity index (χ0n) is 11.4. The quantitative estimate of drug-likeness (QED) is 0.724. The number of carboxylic acid groups (broad SMARTS) is 1. The van der Waals surface area contributed by atoms with E-state index in [0.717, 1.165) is 12.0 Å². The molecule has 1 atom stereocenters. The van der Waals surface area contributed by atoms with Gasteiger partial charge in [-0.3, -0.25) is 4.79 Å². The van der Waals surface area contributed by atoms with Gasteiger partial charge in [0, 0.05) is 17.6 Å². The van der Waals surface area contributed by atoms with Crippen LogP contribution in [0.15, 0.2) is 24.3 Å². The summed E-state index contributed by atoms with van der Waals surface area (Å²) in [6.45, 7) is 2.25. The maximum Gasteiger partial charge on any atom is 0.315 e. The van der Waals surface area contributed by atoms with Crippen molar-refractivity contribution in [3.63, 3.8) is 0 Å². The first-order valence-corrected chi connectivity index (χ1v) is 6.90. The third-order valence-corrected chi connectivity index (χ3v) is 3.16. The lowest BCUT2D eigenvalue weighted by Gasteiger charge is -2.16. The number of rotatable bonds is 7. The monoisotopic (exact) mass is 298 g/mol. The highest BCUT2D eigenvalue weighted by Crippen LogP contribution is 2.14. The maximum absolute atomic E-state index is 11.7. The van der Waals surface area contributed by atoms with Gasteiger partial charge in [0.15, 0.2) is 0 Å². The number of halogens is 1. The second-order valence-electron chi connectivity index (χ2n) is 4.50. The van der Waals surface area contributed by atoms with Gasteiger partial charge in [0.2, 0.25) is 0 Å². The van der Waals surface area contributed by atoms with Gasteiger partial charge in [0.1, 0.15) is 0 Å². The highest BCUT2D eigenvalue weighted by Gasteiger charge is 2.14. The fourth-order valence-electron chi connectivity index (χ4n) is 1.84. The number of hydrogen-bond donors (Lipinski definition) is 3.